The summed E-state index contributed by atoms with van der Waals surface area (Å²) in [4.78, 5) is 47.0. The molecular weight excluding hydrogens is 468 g/mol. The summed E-state index contributed by atoms with van der Waals surface area (Å²) < 4.78 is 10.9. The maximum Gasteiger partial charge on any atom is 0.335 e. The average molecular weight is 497 g/mol. The van der Waals surface area contributed by atoms with Gasteiger partial charge in [-0.2, -0.15) is 0 Å². The van der Waals surface area contributed by atoms with Crippen LogP contribution in [0.2, 0.25) is 0 Å². The van der Waals surface area contributed by atoms with E-state index in [2.05, 4.69) is 5.32 Å². The summed E-state index contributed by atoms with van der Waals surface area (Å²) in [6.45, 7) is 3.70. The fourth-order valence-electron chi connectivity index (χ4n) is 5.75. The van der Waals surface area contributed by atoms with E-state index in [0.29, 0.717) is 22.5 Å². The predicted octanol–water partition coefficient (Wildman–Crippen LogP) is 4.02. The van der Waals surface area contributed by atoms with Gasteiger partial charge in [0.2, 0.25) is 5.91 Å². The van der Waals surface area contributed by atoms with Gasteiger partial charge >= 0.3 is 11.9 Å². The highest BCUT2D eigenvalue weighted by molar-refractivity contribution is 6.32. The quantitative estimate of drug-likeness (QED) is 0.520. The standard InChI is InChI=1S/C30H28N2O5/c1-4-37-26(33)24-29(28(35)36-3,18-20-11-7-5-8-12-20)32-25(21-13-9-6-10-14-21)30(24)22-17-19(2)15-16-23(22)31-27(30)34/h5-17,24H,4,18H2,1-3H3,(H,31,34)/t24-,29-,30+/m1/s1. The van der Waals surface area contributed by atoms with Crippen molar-refractivity contribution in [1.29, 1.82) is 0 Å². The Bertz CT molecular complexity index is 1400. The van der Waals surface area contributed by atoms with E-state index in [4.69, 9.17) is 14.5 Å². The normalized spacial score (nSPS) is 23.8. The van der Waals surface area contributed by atoms with Crippen LogP contribution in [-0.4, -0.2) is 42.8 Å². The molecule has 2 aliphatic rings. The van der Waals surface area contributed by atoms with E-state index in [0.717, 1.165) is 11.1 Å². The van der Waals surface area contributed by atoms with Crippen LogP contribution >= 0.6 is 0 Å². The molecule has 0 aliphatic carbocycles. The molecule has 2 aliphatic heterocycles. The number of aliphatic imine (C=N–C) groups is 1. The van der Waals surface area contributed by atoms with E-state index in [1.54, 1.807) is 6.92 Å². The van der Waals surface area contributed by atoms with Gasteiger partial charge in [-0.15, -0.1) is 0 Å². The molecule has 0 saturated carbocycles. The Kier molecular flexibility index (Phi) is 6.15. The molecule has 7 nitrogen and oxygen atoms in total. The van der Waals surface area contributed by atoms with Gasteiger partial charge in [-0.25, -0.2) is 4.79 Å². The number of anilines is 1. The number of benzene rings is 3. The highest BCUT2D eigenvalue weighted by Gasteiger charge is 2.72. The second-order valence-electron chi connectivity index (χ2n) is 9.40. The minimum Gasteiger partial charge on any atom is -0.467 e. The van der Waals surface area contributed by atoms with Crippen molar-refractivity contribution in [2.75, 3.05) is 19.0 Å². The number of rotatable bonds is 6. The minimum atomic E-state index is -1.74. The molecule has 3 atom stereocenters. The van der Waals surface area contributed by atoms with Gasteiger partial charge in [-0.05, 0) is 36.6 Å². The molecule has 5 rings (SSSR count). The van der Waals surface area contributed by atoms with Crippen molar-refractivity contribution in [3.05, 3.63) is 101 Å². The topological polar surface area (TPSA) is 94.1 Å². The number of hydrogen-bond donors (Lipinski definition) is 1. The number of carbonyl (C=O) groups is 3. The van der Waals surface area contributed by atoms with Crippen molar-refractivity contribution in [1.82, 2.24) is 0 Å². The van der Waals surface area contributed by atoms with Crippen molar-refractivity contribution in [2.24, 2.45) is 10.9 Å². The minimum absolute atomic E-state index is 0.0521. The van der Waals surface area contributed by atoms with Crippen LogP contribution < -0.4 is 5.32 Å². The molecule has 188 valence electrons. The van der Waals surface area contributed by atoms with Gasteiger partial charge in [0.15, 0.2) is 5.54 Å². The fraction of sp³-hybridized carbons (Fsp3) is 0.267. The number of amides is 1. The molecule has 0 bridgehead atoms. The van der Waals surface area contributed by atoms with E-state index in [1.807, 2.05) is 85.8 Å². The first kappa shape index (κ1) is 24.4. The average Bonchev–Trinajstić information content (AvgIpc) is 3.37. The maximum absolute atomic E-state index is 14.2. The number of ether oxygens (including phenoxy) is 2. The lowest BCUT2D eigenvalue weighted by molar-refractivity contribution is -0.162. The number of methoxy groups -OCH3 is 1. The summed E-state index contributed by atoms with van der Waals surface area (Å²) in [7, 11) is 1.27. The lowest BCUT2D eigenvalue weighted by Crippen LogP contribution is -2.58. The highest BCUT2D eigenvalue weighted by Crippen LogP contribution is 2.56. The summed E-state index contributed by atoms with van der Waals surface area (Å²) in [5, 5.41) is 2.96. The first-order valence-electron chi connectivity index (χ1n) is 12.3. The third-order valence-corrected chi connectivity index (χ3v) is 7.23. The second-order valence-corrected chi connectivity index (χ2v) is 9.40. The number of carbonyl (C=O) groups excluding carboxylic acids is 3. The van der Waals surface area contributed by atoms with Gasteiger partial charge in [0.1, 0.15) is 11.3 Å². The molecule has 37 heavy (non-hydrogen) atoms. The molecule has 0 radical (unpaired) electrons. The van der Waals surface area contributed by atoms with Gasteiger partial charge in [0.05, 0.1) is 19.4 Å². The van der Waals surface area contributed by atoms with Crippen LogP contribution in [0.1, 0.15) is 29.2 Å². The molecule has 1 amide bonds. The zero-order valence-electron chi connectivity index (χ0n) is 21.0. The SMILES string of the molecule is CCOC(=O)[C@H]1[C@]2(C(=O)Nc3ccc(C)cc32)C(c2ccccc2)=N[C@@]1(Cc1ccccc1)C(=O)OC. The van der Waals surface area contributed by atoms with Crippen molar-refractivity contribution < 1.29 is 23.9 Å². The van der Waals surface area contributed by atoms with Gasteiger partial charge in [-0.3, -0.25) is 14.6 Å². The van der Waals surface area contributed by atoms with Crippen LogP contribution in [0.15, 0.2) is 83.9 Å². The predicted molar refractivity (Wildman–Crippen MR) is 139 cm³/mol. The summed E-state index contributed by atoms with van der Waals surface area (Å²) in [6.07, 6.45) is 0.0521. The highest BCUT2D eigenvalue weighted by atomic mass is 16.5. The number of hydrogen-bond acceptors (Lipinski definition) is 6. The van der Waals surface area contributed by atoms with E-state index in [1.165, 1.54) is 7.11 Å². The Balaban J connectivity index is 1.89. The molecular formula is C30H28N2O5. The van der Waals surface area contributed by atoms with Crippen LogP contribution in [0.4, 0.5) is 5.69 Å². The summed E-state index contributed by atoms with van der Waals surface area (Å²) in [5.74, 6) is -3.10. The van der Waals surface area contributed by atoms with Gasteiger partial charge < -0.3 is 14.8 Å². The van der Waals surface area contributed by atoms with Gasteiger partial charge in [0, 0.05) is 12.1 Å². The number of nitrogens with zero attached hydrogens (tertiary/aromatic N) is 1. The van der Waals surface area contributed by atoms with Crippen molar-refractivity contribution >= 4 is 29.2 Å². The van der Waals surface area contributed by atoms with E-state index >= 15 is 0 Å². The third-order valence-electron chi connectivity index (χ3n) is 7.23. The van der Waals surface area contributed by atoms with Crippen LogP contribution in [0.25, 0.3) is 0 Å². The Morgan fingerprint density at radius 3 is 2.32 bits per heavy atom. The van der Waals surface area contributed by atoms with Crippen LogP contribution in [0.3, 0.4) is 0 Å². The second kappa shape index (κ2) is 9.32. The first-order chi connectivity index (χ1) is 17.9. The molecule has 1 spiro atoms. The Morgan fingerprint density at radius 2 is 1.68 bits per heavy atom. The van der Waals surface area contributed by atoms with Crippen molar-refractivity contribution in [3.63, 3.8) is 0 Å². The zero-order valence-corrected chi connectivity index (χ0v) is 21.0. The van der Waals surface area contributed by atoms with Gasteiger partial charge in [-0.1, -0.05) is 78.4 Å². The maximum atomic E-state index is 14.2. The summed E-state index contributed by atoms with van der Waals surface area (Å²) >= 11 is 0. The molecule has 1 N–H and O–H groups in total. The lowest BCUT2D eigenvalue weighted by Gasteiger charge is -2.36. The third kappa shape index (κ3) is 3.65. The largest absolute Gasteiger partial charge is 0.467 e. The Hall–Kier alpha value is -4.26. The molecule has 7 heteroatoms. The Morgan fingerprint density at radius 1 is 1.00 bits per heavy atom. The Labute approximate surface area is 215 Å². The number of fused-ring (bicyclic) bond motifs is 2. The molecule has 0 fully saturated rings. The van der Waals surface area contributed by atoms with E-state index in [-0.39, 0.29) is 13.0 Å². The van der Waals surface area contributed by atoms with Crippen LogP contribution in [0, 0.1) is 12.8 Å². The molecule has 2 heterocycles. The van der Waals surface area contributed by atoms with Crippen LogP contribution in [-0.2, 0) is 35.7 Å². The molecule has 0 unspecified atom stereocenters. The van der Waals surface area contributed by atoms with E-state index in [9.17, 15) is 14.4 Å². The number of aryl methyl sites for hydroxylation is 1. The lowest BCUT2D eigenvalue weighted by atomic mass is 9.61. The molecule has 0 saturated heterocycles. The monoisotopic (exact) mass is 496 g/mol. The number of nitrogens with one attached hydrogen (secondary N) is 1. The van der Waals surface area contributed by atoms with Crippen molar-refractivity contribution in [3.8, 4) is 0 Å². The number of esters is 2. The zero-order chi connectivity index (χ0) is 26.2. The molecule has 0 aromatic heterocycles. The summed E-state index contributed by atoms with van der Waals surface area (Å²) in [5.41, 5.74) is 0.496. The smallest absolute Gasteiger partial charge is 0.335 e. The van der Waals surface area contributed by atoms with E-state index < -0.39 is 34.7 Å². The summed E-state index contributed by atoms with van der Waals surface area (Å²) in [6, 6.07) is 24.1. The van der Waals surface area contributed by atoms with Crippen LogP contribution in [0.5, 0.6) is 0 Å². The van der Waals surface area contributed by atoms with Crippen molar-refractivity contribution in [2.45, 2.75) is 31.2 Å². The molecule has 3 aromatic rings. The van der Waals surface area contributed by atoms with Gasteiger partial charge in [0.25, 0.3) is 0 Å². The first-order valence-corrected chi connectivity index (χ1v) is 12.3. The molecule has 3 aromatic carbocycles. The fourth-order valence-corrected chi connectivity index (χ4v) is 5.75.